The zero-order valence-electron chi connectivity index (χ0n) is 16.9. The fourth-order valence-electron chi connectivity index (χ4n) is 3.39. The fraction of sp³-hybridized carbons (Fsp3) is 0.368. The number of aromatic nitrogens is 4. The quantitative estimate of drug-likeness (QED) is 0.200. The SMILES string of the molecule is CCOc1ccc(C=NNc2nc3c(=O)[nH]cnc3n2C2OC(CO)C(O)C2O)cc1O. The molecular formula is C19H22N6O7. The van der Waals surface area contributed by atoms with Crippen LogP contribution in [0, 0.1) is 0 Å². The summed E-state index contributed by atoms with van der Waals surface area (Å²) in [5, 5.41) is 44.0. The summed E-state index contributed by atoms with van der Waals surface area (Å²) in [6, 6.07) is 4.73. The maximum absolute atomic E-state index is 12.2. The molecule has 4 atom stereocenters. The molecule has 1 saturated heterocycles. The van der Waals surface area contributed by atoms with Crippen molar-refractivity contribution in [3.8, 4) is 11.5 Å². The number of phenols is 1. The molecule has 0 radical (unpaired) electrons. The second kappa shape index (κ2) is 8.92. The summed E-state index contributed by atoms with van der Waals surface area (Å²) in [4.78, 5) is 22.9. The van der Waals surface area contributed by atoms with Gasteiger partial charge in [-0.25, -0.2) is 15.4 Å². The van der Waals surface area contributed by atoms with Gasteiger partial charge in [-0.05, 0) is 30.7 Å². The number of aromatic amines is 1. The third-order valence-electron chi connectivity index (χ3n) is 4.92. The van der Waals surface area contributed by atoms with E-state index in [-0.39, 0.29) is 22.9 Å². The summed E-state index contributed by atoms with van der Waals surface area (Å²) in [6.45, 7) is 1.70. The number of hydrogen-bond acceptors (Lipinski definition) is 11. The number of nitrogens with one attached hydrogen (secondary N) is 2. The van der Waals surface area contributed by atoms with Crippen molar-refractivity contribution < 1.29 is 29.9 Å². The Hall–Kier alpha value is -3.52. The van der Waals surface area contributed by atoms with Gasteiger partial charge in [0.1, 0.15) is 18.3 Å². The Morgan fingerprint density at radius 1 is 1.38 bits per heavy atom. The van der Waals surface area contributed by atoms with Crippen molar-refractivity contribution in [2.45, 2.75) is 31.5 Å². The average Bonchev–Trinajstić information content (AvgIpc) is 3.28. The molecule has 0 bridgehead atoms. The lowest BCUT2D eigenvalue weighted by atomic mass is 10.1. The summed E-state index contributed by atoms with van der Waals surface area (Å²) in [5.74, 6) is 0.296. The van der Waals surface area contributed by atoms with Crippen molar-refractivity contribution in [2.75, 3.05) is 18.6 Å². The Kier molecular flexibility index (Phi) is 6.05. The summed E-state index contributed by atoms with van der Waals surface area (Å²) >= 11 is 0. The van der Waals surface area contributed by atoms with Crippen LogP contribution < -0.4 is 15.7 Å². The number of nitrogens with zero attached hydrogens (tertiary/aromatic N) is 4. The number of aliphatic hydroxyl groups excluding tert-OH is 3. The number of aromatic hydroxyl groups is 1. The van der Waals surface area contributed by atoms with Gasteiger partial charge >= 0.3 is 0 Å². The van der Waals surface area contributed by atoms with Crippen molar-refractivity contribution in [3.63, 3.8) is 0 Å². The van der Waals surface area contributed by atoms with E-state index in [1.165, 1.54) is 23.2 Å². The molecule has 1 aromatic carbocycles. The van der Waals surface area contributed by atoms with Gasteiger partial charge in [0.15, 0.2) is 28.9 Å². The first kappa shape index (κ1) is 21.7. The molecule has 4 unspecified atom stereocenters. The Balaban J connectivity index is 1.66. The lowest BCUT2D eigenvalue weighted by molar-refractivity contribution is -0.0501. The van der Waals surface area contributed by atoms with Crippen LogP contribution in [0.3, 0.4) is 0 Å². The molecule has 3 aromatic rings. The van der Waals surface area contributed by atoms with Gasteiger partial charge in [0.2, 0.25) is 5.95 Å². The van der Waals surface area contributed by atoms with Crippen molar-refractivity contribution >= 4 is 23.3 Å². The molecule has 1 fully saturated rings. The molecule has 0 spiro atoms. The number of imidazole rings is 1. The number of anilines is 1. The molecule has 6 N–H and O–H groups in total. The van der Waals surface area contributed by atoms with E-state index >= 15 is 0 Å². The van der Waals surface area contributed by atoms with Gasteiger partial charge in [-0.3, -0.25) is 9.36 Å². The smallest absolute Gasteiger partial charge is 0.278 e. The van der Waals surface area contributed by atoms with E-state index in [2.05, 4.69) is 25.5 Å². The number of hydrogen-bond donors (Lipinski definition) is 6. The van der Waals surface area contributed by atoms with Crippen LogP contribution in [-0.4, -0.2) is 77.7 Å². The summed E-state index contributed by atoms with van der Waals surface area (Å²) in [7, 11) is 0. The van der Waals surface area contributed by atoms with Crippen molar-refractivity contribution in [1.82, 2.24) is 19.5 Å². The molecule has 4 rings (SSSR count). The van der Waals surface area contributed by atoms with Crippen LogP contribution in [-0.2, 0) is 4.74 Å². The number of ether oxygens (including phenoxy) is 2. The van der Waals surface area contributed by atoms with Crippen LogP contribution in [0.1, 0.15) is 18.7 Å². The lowest BCUT2D eigenvalue weighted by Crippen LogP contribution is -2.33. The first-order valence-corrected chi connectivity index (χ1v) is 9.77. The van der Waals surface area contributed by atoms with Gasteiger partial charge in [0.05, 0.1) is 25.8 Å². The van der Waals surface area contributed by atoms with Gasteiger partial charge < -0.3 is 34.9 Å². The van der Waals surface area contributed by atoms with Crippen molar-refractivity contribution in [1.29, 1.82) is 0 Å². The molecule has 1 aliphatic rings. The van der Waals surface area contributed by atoms with E-state index in [0.29, 0.717) is 17.9 Å². The van der Waals surface area contributed by atoms with Gasteiger partial charge in [0.25, 0.3) is 5.56 Å². The van der Waals surface area contributed by atoms with Crippen LogP contribution in [0.5, 0.6) is 11.5 Å². The van der Waals surface area contributed by atoms with Gasteiger partial charge in [-0.15, -0.1) is 0 Å². The lowest BCUT2D eigenvalue weighted by Gasteiger charge is -2.18. The van der Waals surface area contributed by atoms with E-state index in [9.17, 15) is 25.2 Å². The third-order valence-corrected chi connectivity index (χ3v) is 4.92. The van der Waals surface area contributed by atoms with Gasteiger partial charge in [-0.1, -0.05) is 0 Å². The summed E-state index contributed by atoms with van der Waals surface area (Å²) < 4.78 is 12.1. The number of fused-ring (bicyclic) bond motifs is 1. The Morgan fingerprint density at radius 3 is 2.88 bits per heavy atom. The Labute approximate surface area is 180 Å². The first-order chi connectivity index (χ1) is 15.4. The van der Waals surface area contributed by atoms with Crippen LogP contribution >= 0.6 is 0 Å². The minimum absolute atomic E-state index is 0.00504. The molecule has 3 heterocycles. The summed E-state index contributed by atoms with van der Waals surface area (Å²) in [6.07, 6.45) is -2.43. The van der Waals surface area contributed by atoms with Crippen molar-refractivity contribution in [2.24, 2.45) is 5.10 Å². The van der Waals surface area contributed by atoms with Gasteiger partial charge in [0, 0.05) is 0 Å². The van der Waals surface area contributed by atoms with Crippen molar-refractivity contribution in [3.05, 3.63) is 40.4 Å². The molecule has 170 valence electrons. The van der Waals surface area contributed by atoms with Gasteiger partial charge in [-0.2, -0.15) is 5.10 Å². The first-order valence-electron chi connectivity index (χ1n) is 9.77. The van der Waals surface area contributed by atoms with Crippen LogP contribution in [0.4, 0.5) is 5.95 Å². The second-order valence-electron chi connectivity index (χ2n) is 6.97. The molecule has 0 amide bonds. The zero-order chi connectivity index (χ0) is 22.8. The van der Waals surface area contributed by atoms with E-state index in [4.69, 9.17) is 9.47 Å². The van der Waals surface area contributed by atoms with Crippen LogP contribution in [0.25, 0.3) is 11.2 Å². The highest BCUT2D eigenvalue weighted by Gasteiger charge is 2.45. The Morgan fingerprint density at radius 2 is 2.19 bits per heavy atom. The standard InChI is InChI=1S/C19H22N6O7/c1-2-31-11-4-3-9(5-10(11)27)6-22-24-19-23-13-16(20-8-21-17(13)30)25(19)18-15(29)14(28)12(7-26)32-18/h3-6,8,12,14-15,18,26-29H,2,7H2,1H3,(H,23,24)(H,20,21,30). The largest absolute Gasteiger partial charge is 0.504 e. The fourth-order valence-corrected chi connectivity index (χ4v) is 3.39. The maximum Gasteiger partial charge on any atom is 0.278 e. The number of H-pyrrole nitrogens is 1. The predicted octanol–water partition coefficient (Wildman–Crippen LogP) is -0.719. The molecule has 2 aromatic heterocycles. The number of rotatable bonds is 7. The monoisotopic (exact) mass is 446 g/mol. The molecule has 13 nitrogen and oxygen atoms in total. The minimum atomic E-state index is -1.42. The highest BCUT2D eigenvalue weighted by atomic mass is 16.6. The Bertz CT molecular complexity index is 1190. The van der Waals surface area contributed by atoms with E-state index in [1.54, 1.807) is 19.1 Å². The molecule has 13 heteroatoms. The molecule has 32 heavy (non-hydrogen) atoms. The number of hydrazone groups is 1. The number of benzene rings is 1. The van der Waals surface area contributed by atoms with Crippen LogP contribution in [0.2, 0.25) is 0 Å². The highest BCUT2D eigenvalue weighted by molar-refractivity contribution is 5.81. The zero-order valence-corrected chi connectivity index (χ0v) is 16.9. The minimum Gasteiger partial charge on any atom is -0.504 e. The highest BCUT2D eigenvalue weighted by Crippen LogP contribution is 2.33. The topological polar surface area (TPSA) is 187 Å². The molecule has 1 aliphatic heterocycles. The van der Waals surface area contributed by atoms with E-state index < -0.39 is 36.7 Å². The molecular weight excluding hydrogens is 424 g/mol. The predicted molar refractivity (Wildman–Crippen MR) is 112 cm³/mol. The van der Waals surface area contributed by atoms with E-state index in [1.807, 2.05) is 0 Å². The maximum atomic E-state index is 12.2. The number of aliphatic hydroxyl groups is 3. The molecule has 0 aliphatic carbocycles. The third kappa shape index (κ3) is 3.89. The van der Waals surface area contributed by atoms with E-state index in [0.717, 1.165) is 0 Å². The normalized spacial score (nSPS) is 23.2. The second-order valence-corrected chi connectivity index (χ2v) is 6.97. The number of phenolic OH excluding ortho intramolecular Hbond substituents is 1. The van der Waals surface area contributed by atoms with Crippen LogP contribution in [0.15, 0.2) is 34.4 Å². The molecule has 0 saturated carbocycles. The summed E-state index contributed by atoms with van der Waals surface area (Å²) in [5.41, 5.74) is 2.73. The average molecular weight is 446 g/mol.